The van der Waals surface area contributed by atoms with Crippen LogP contribution in [0.15, 0.2) is 24.3 Å². The summed E-state index contributed by atoms with van der Waals surface area (Å²) >= 11 is 0. The van der Waals surface area contributed by atoms with E-state index in [0.717, 1.165) is 18.4 Å². The molecule has 0 atom stereocenters. The highest BCUT2D eigenvalue weighted by atomic mass is 16.3. The first-order valence-electron chi connectivity index (χ1n) is 7.74. The monoisotopic (exact) mass is 304 g/mol. The van der Waals surface area contributed by atoms with Crippen LogP contribution in [0.3, 0.4) is 0 Å². The summed E-state index contributed by atoms with van der Waals surface area (Å²) in [5.74, 6) is -0.309. The molecular weight excluding hydrogens is 280 g/mol. The molecule has 2 amide bonds. The van der Waals surface area contributed by atoms with Crippen LogP contribution in [-0.4, -0.2) is 48.1 Å². The van der Waals surface area contributed by atoms with E-state index in [1.807, 2.05) is 18.2 Å². The van der Waals surface area contributed by atoms with Crippen molar-refractivity contribution in [3.63, 3.8) is 0 Å². The molecule has 0 radical (unpaired) electrons. The van der Waals surface area contributed by atoms with E-state index in [0.29, 0.717) is 31.4 Å². The van der Waals surface area contributed by atoms with Crippen molar-refractivity contribution in [2.45, 2.75) is 37.7 Å². The van der Waals surface area contributed by atoms with Gasteiger partial charge in [0.15, 0.2) is 0 Å². The van der Waals surface area contributed by atoms with Gasteiger partial charge in [0.25, 0.3) is 11.8 Å². The van der Waals surface area contributed by atoms with Gasteiger partial charge in [-0.2, -0.15) is 0 Å². The van der Waals surface area contributed by atoms with Gasteiger partial charge in [-0.15, -0.1) is 0 Å². The van der Waals surface area contributed by atoms with Crippen LogP contribution in [0.1, 0.15) is 41.6 Å². The molecule has 1 saturated carbocycles. The normalized spacial score (nSPS) is 16.3. The zero-order chi connectivity index (χ0) is 16.2. The van der Waals surface area contributed by atoms with Crippen LogP contribution >= 0.6 is 0 Å². The van der Waals surface area contributed by atoms with Gasteiger partial charge in [0.1, 0.15) is 5.60 Å². The highest BCUT2D eigenvalue weighted by Gasteiger charge is 2.38. The van der Waals surface area contributed by atoms with Crippen LogP contribution < -0.4 is 5.32 Å². The standard InChI is InChI=1S/C17H24N2O3/c1-19(2)15(20)14-7-5-6-13(12-14)8-11-18-16(21)17(22)9-3-4-10-17/h5-7,12,22H,3-4,8-11H2,1-2H3,(H,18,21). The van der Waals surface area contributed by atoms with Crippen LogP contribution in [0, 0.1) is 0 Å². The lowest BCUT2D eigenvalue weighted by atomic mass is 10.0. The molecule has 0 aliphatic heterocycles. The van der Waals surface area contributed by atoms with Gasteiger partial charge >= 0.3 is 0 Å². The highest BCUT2D eigenvalue weighted by Crippen LogP contribution is 2.29. The summed E-state index contributed by atoms with van der Waals surface area (Å²) in [6.07, 6.45) is 3.53. The zero-order valence-corrected chi connectivity index (χ0v) is 13.3. The van der Waals surface area contributed by atoms with Crippen LogP contribution in [0.2, 0.25) is 0 Å². The Morgan fingerprint density at radius 2 is 1.95 bits per heavy atom. The fourth-order valence-electron chi connectivity index (χ4n) is 2.79. The Labute approximate surface area is 131 Å². The van der Waals surface area contributed by atoms with E-state index in [9.17, 15) is 14.7 Å². The molecule has 0 unspecified atom stereocenters. The lowest BCUT2D eigenvalue weighted by Gasteiger charge is -2.20. The van der Waals surface area contributed by atoms with Crippen molar-refractivity contribution in [3.8, 4) is 0 Å². The number of aliphatic hydroxyl groups is 1. The number of carbonyl (C=O) groups is 2. The third-order valence-corrected chi connectivity index (χ3v) is 4.13. The molecule has 22 heavy (non-hydrogen) atoms. The third kappa shape index (κ3) is 3.85. The Kier molecular flexibility index (Phi) is 5.19. The highest BCUT2D eigenvalue weighted by molar-refractivity contribution is 5.94. The molecular formula is C17H24N2O3. The maximum absolute atomic E-state index is 12.0. The largest absolute Gasteiger partial charge is 0.380 e. The fourth-order valence-corrected chi connectivity index (χ4v) is 2.79. The maximum Gasteiger partial charge on any atom is 0.253 e. The summed E-state index contributed by atoms with van der Waals surface area (Å²) < 4.78 is 0. The molecule has 0 bridgehead atoms. The smallest absolute Gasteiger partial charge is 0.253 e. The van der Waals surface area contributed by atoms with Gasteiger partial charge in [-0.25, -0.2) is 0 Å². The summed E-state index contributed by atoms with van der Waals surface area (Å²) in [5, 5.41) is 13.0. The van der Waals surface area contributed by atoms with E-state index in [1.165, 1.54) is 4.90 Å². The first-order valence-corrected chi connectivity index (χ1v) is 7.74. The second-order valence-corrected chi connectivity index (χ2v) is 6.14. The van der Waals surface area contributed by atoms with Crippen molar-refractivity contribution in [3.05, 3.63) is 35.4 Å². The summed E-state index contributed by atoms with van der Waals surface area (Å²) in [6, 6.07) is 7.41. The van der Waals surface area contributed by atoms with Crippen molar-refractivity contribution in [2.24, 2.45) is 0 Å². The van der Waals surface area contributed by atoms with Gasteiger partial charge in [-0.3, -0.25) is 9.59 Å². The Hall–Kier alpha value is -1.88. The van der Waals surface area contributed by atoms with E-state index in [-0.39, 0.29) is 11.8 Å². The molecule has 2 N–H and O–H groups in total. The van der Waals surface area contributed by atoms with E-state index < -0.39 is 5.60 Å². The molecule has 5 nitrogen and oxygen atoms in total. The average Bonchev–Trinajstić information content (AvgIpc) is 2.95. The first kappa shape index (κ1) is 16.5. The second-order valence-electron chi connectivity index (χ2n) is 6.14. The van der Waals surface area contributed by atoms with Crippen molar-refractivity contribution < 1.29 is 14.7 Å². The van der Waals surface area contributed by atoms with Gasteiger partial charge in [0, 0.05) is 26.2 Å². The predicted molar refractivity (Wildman–Crippen MR) is 84.6 cm³/mol. The van der Waals surface area contributed by atoms with E-state index in [1.54, 1.807) is 20.2 Å². The maximum atomic E-state index is 12.0. The third-order valence-electron chi connectivity index (χ3n) is 4.13. The van der Waals surface area contributed by atoms with Crippen molar-refractivity contribution in [1.82, 2.24) is 10.2 Å². The molecule has 0 heterocycles. The molecule has 5 heteroatoms. The van der Waals surface area contributed by atoms with Crippen molar-refractivity contribution >= 4 is 11.8 Å². The number of carbonyl (C=O) groups excluding carboxylic acids is 2. The molecule has 120 valence electrons. The van der Waals surface area contributed by atoms with Crippen molar-refractivity contribution in [2.75, 3.05) is 20.6 Å². The van der Waals surface area contributed by atoms with E-state index >= 15 is 0 Å². The van der Waals surface area contributed by atoms with E-state index in [2.05, 4.69) is 5.32 Å². The molecule has 1 aliphatic carbocycles. The minimum Gasteiger partial charge on any atom is -0.380 e. The molecule has 1 aromatic carbocycles. The fraction of sp³-hybridized carbons (Fsp3) is 0.529. The van der Waals surface area contributed by atoms with Gasteiger partial charge in [-0.05, 0) is 49.8 Å². The first-order chi connectivity index (χ1) is 10.4. The molecule has 1 fully saturated rings. The topological polar surface area (TPSA) is 69.6 Å². The SMILES string of the molecule is CN(C)C(=O)c1cccc(CCNC(=O)C2(O)CCCC2)c1. The van der Waals surface area contributed by atoms with Crippen molar-refractivity contribution in [1.29, 1.82) is 0 Å². The molecule has 0 spiro atoms. The lowest BCUT2D eigenvalue weighted by Crippen LogP contribution is -2.45. The molecule has 1 aliphatic rings. The van der Waals surface area contributed by atoms with Gasteiger partial charge in [0.05, 0.1) is 0 Å². The minimum atomic E-state index is -1.18. The van der Waals surface area contributed by atoms with Gasteiger partial charge in [-0.1, -0.05) is 12.1 Å². The summed E-state index contributed by atoms with van der Waals surface area (Å²) in [5.41, 5.74) is 0.456. The summed E-state index contributed by atoms with van der Waals surface area (Å²) in [4.78, 5) is 25.5. The number of nitrogens with one attached hydrogen (secondary N) is 1. The Morgan fingerprint density at radius 1 is 1.27 bits per heavy atom. The Balaban J connectivity index is 1.88. The molecule has 0 saturated heterocycles. The van der Waals surface area contributed by atoms with Crippen LogP contribution in [-0.2, 0) is 11.2 Å². The number of benzene rings is 1. The number of hydrogen-bond donors (Lipinski definition) is 2. The number of hydrogen-bond acceptors (Lipinski definition) is 3. The zero-order valence-electron chi connectivity index (χ0n) is 13.3. The minimum absolute atomic E-state index is 0.0360. The second kappa shape index (κ2) is 6.92. The lowest BCUT2D eigenvalue weighted by molar-refractivity contribution is -0.139. The van der Waals surface area contributed by atoms with Crippen LogP contribution in [0.25, 0.3) is 0 Å². The van der Waals surface area contributed by atoms with Gasteiger partial charge < -0.3 is 15.3 Å². The predicted octanol–water partition coefficient (Wildman–Crippen LogP) is 1.35. The summed E-state index contributed by atoms with van der Waals surface area (Å²) in [7, 11) is 3.44. The number of amides is 2. The summed E-state index contributed by atoms with van der Waals surface area (Å²) in [6.45, 7) is 0.459. The Bertz CT molecular complexity index is 549. The molecule has 0 aromatic heterocycles. The van der Waals surface area contributed by atoms with Gasteiger partial charge in [0.2, 0.25) is 0 Å². The molecule has 1 aromatic rings. The van der Waals surface area contributed by atoms with Crippen LogP contribution in [0.4, 0.5) is 0 Å². The molecule has 2 rings (SSSR count). The Morgan fingerprint density at radius 3 is 2.59 bits per heavy atom. The average molecular weight is 304 g/mol. The number of nitrogens with zero attached hydrogens (tertiary/aromatic N) is 1. The van der Waals surface area contributed by atoms with E-state index in [4.69, 9.17) is 0 Å². The van der Waals surface area contributed by atoms with Crippen LogP contribution in [0.5, 0.6) is 0 Å². The number of rotatable bonds is 5. The quantitative estimate of drug-likeness (QED) is 0.863.